The molecule has 6 nitrogen and oxygen atoms in total. The maximum atomic E-state index is 14.0. The summed E-state index contributed by atoms with van der Waals surface area (Å²) in [5.74, 6) is 0.957. The highest BCUT2D eigenvalue weighted by Gasteiger charge is 2.27. The first-order valence-corrected chi connectivity index (χ1v) is 14.4. The Labute approximate surface area is 225 Å². The molecule has 37 heavy (non-hydrogen) atoms. The normalized spacial score (nSPS) is 13.8. The van der Waals surface area contributed by atoms with Gasteiger partial charge in [0.25, 0.3) is 5.56 Å². The van der Waals surface area contributed by atoms with E-state index < -0.39 is 0 Å². The van der Waals surface area contributed by atoms with Crippen LogP contribution in [0.25, 0.3) is 15.9 Å². The Morgan fingerprint density at radius 2 is 1.86 bits per heavy atom. The van der Waals surface area contributed by atoms with Crippen molar-refractivity contribution in [2.45, 2.75) is 51.9 Å². The van der Waals surface area contributed by atoms with E-state index in [4.69, 9.17) is 9.72 Å². The summed E-state index contributed by atoms with van der Waals surface area (Å²) in [5.41, 5.74) is 3.54. The average Bonchev–Trinajstić information content (AvgIpc) is 3.26. The molecule has 4 aromatic rings. The Balaban J connectivity index is 1.57. The summed E-state index contributed by atoms with van der Waals surface area (Å²) in [4.78, 5) is 36.4. The molecule has 2 aromatic heterocycles. The van der Waals surface area contributed by atoms with E-state index in [1.807, 2.05) is 62.4 Å². The lowest BCUT2D eigenvalue weighted by Crippen LogP contribution is -2.35. The van der Waals surface area contributed by atoms with Gasteiger partial charge in [0.1, 0.15) is 10.6 Å². The summed E-state index contributed by atoms with van der Waals surface area (Å²) in [5, 5.41) is 1.24. The van der Waals surface area contributed by atoms with Crippen molar-refractivity contribution in [3.05, 3.63) is 80.5 Å². The van der Waals surface area contributed by atoms with Gasteiger partial charge in [0.2, 0.25) is 0 Å². The van der Waals surface area contributed by atoms with Crippen molar-refractivity contribution in [2.75, 3.05) is 18.9 Å². The van der Waals surface area contributed by atoms with E-state index in [0.717, 1.165) is 41.2 Å². The average molecular weight is 534 g/mol. The van der Waals surface area contributed by atoms with Crippen LogP contribution >= 0.6 is 23.1 Å². The number of aromatic nitrogens is 2. The molecule has 0 amide bonds. The third kappa shape index (κ3) is 5.23. The summed E-state index contributed by atoms with van der Waals surface area (Å²) in [6.45, 7) is 10.7. The molecule has 0 N–H and O–H groups in total. The van der Waals surface area contributed by atoms with Gasteiger partial charge in [0.05, 0.1) is 23.4 Å². The first-order valence-electron chi connectivity index (χ1n) is 12.6. The zero-order valence-electron chi connectivity index (χ0n) is 21.6. The lowest BCUT2D eigenvalue weighted by Gasteiger charge is -2.30. The van der Waals surface area contributed by atoms with E-state index in [2.05, 4.69) is 18.7 Å². The molecule has 0 saturated heterocycles. The standard InChI is InChI=1S/C29H31N3O3S2/c1-5-35-22-12-10-21(11-13-22)32-28(34)26-23-14-15-31(18(2)3)16-25(23)37-27(26)30-29(32)36-17-24(33)20-8-6-19(4)7-9-20/h6-13,18H,5,14-17H2,1-4H3. The summed E-state index contributed by atoms with van der Waals surface area (Å²) in [7, 11) is 0. The number of hydrogen-bond acceptors (Lipinski definition) is 7. The smallest absolute Gasteiger partial charge is 0.267 e. The topological polar surface area (TPSA) is 64.4 Å². The summed E-state index contributed by atoms with van der Waals surface area (Å²) >= 11 is 2.92. The van der Waals surface area contributed by atoms with E-state index >= 15 is 0 Å². The van der Waals surface area contributed by atoms with Crippen LogP contribution in [-0.4, -0.2) is 45.2 Å². The highest BCUT2D eigenvalue weighted by atomic mass is 32.2. The fourth-order valence-electron chi connectivity index (χ4n) is 4.62. The highest BCUT2D eigenvalue weighted by Crippen LogP contribution is 2.35. The second-order valence-corrected chi connectivity index (χ2v) is 11.6. The molecule has 0 spiro atoms. The van der Waals surface area contributed by atoms with Crippen LogP contribution < -0.4 is 10.3 Å². The molecule has 0 aliphatic carbocycles. The van der Waals surface area contributed by atoms with Crippen molar-refractivity contribution >= 4 is 39.1 Å². The molecule has 0 saturated carbocycles. The van der Waals surface area contributed by atoms with Gasteiger partial charge in [-0.3, -0.25) is 19.1 Å². The zero-order chi connectivity index (χ0) is 26.1. The third-order valence-electron chi connectivity index (χ3n) is 6.72. The van der Waals surface area contributed by atoms with Crippen LogP contribution in [0.3, 0.4) is 0 Å². The molecule has 0 unspecified atom stereocenters. The van der Waals surface area contributed by atoms with Crippen molar-refractivity contribution in [3.8, 4) is 11.4 Å². The third-order valence-corrected chi connectivity index (χ3v) is 8.76. The van der Waals surface area contributed by atoms with Crippen molar-refractivity contribution in [2.24, 2.45) is 0 Å². The SMILES string of the molecule is CCOc1ccc(-n2c(SCC(=O)c3ccc(C)cc3)nc3sc4c(c3c2=O)CCN(C(C)C)C4)cc1. The number of benzene rings is 2. The number of carbonyl (C=O) groups is 1. The Bertz CT molecular complexity index is 1490. The maximum absolute atomic E-state index is 14.0. The monoisotopic (exact) mass is 533 g/mol. The first kappa shape index (κ1) is 25.7. The van der Waals surface area contributed by atoms with E-state index in [1.165, 1.54) is 16.6 Å². The van der Waals surface area contributed by atoms with Gasteiger partial charge in [-0.05, 0) is 63.9 Å². The predicted molar refractivity (Wildman–Crippen MR) is 152 cm³/mol. The number of hydrogen-bond donors (Lipinski definition) is 0. The quantitative estimate of drug-likeness (QED) is 0.160. The van der Waals surface area contributed by atoms with Crippen LogP contribution in [0.2, 0.25) is 0 Å². The number of ketones is 1. The molecule has 1 aliphatic heterocycles. The van der Waals surface area contributed by atoms with Gasteiger partial charge in [0, 0.05) is 29.6 Å². The fourth-order valence-corrected chi connectivity index (χ4v) is 6.81. The minimum absolute atomic E-state index is 0.00985. The van der Waals surface area contributed by atoms with Gasteiger partial charge in [-0.1, -0.05) is 41.6 Å². The van der Waals surface area contributed by atoms with E-state index in [0.29, 0.717) is 34.4 Å². The minimum atomic E-state index is -0.0741. The summed E-state index contributed by atoms with van der Waals surface area (Å²) < 4.78 is 7.26. The molecule has 3 heterocycles. The molecular weight excluding hydrogens is 502 g/mol. The number of carbonyl (C=O) groups excluding carboxylic acids is 1. The van der Waals surface area contributed by atoms with Crippen LogP contribution in [0.4, 0.5) is 0 Å². The van der Waals surface area contributed by atoms with E-state index in [9.17, 15) is 9.59 Å². The van der Waals surface area contributed by atoms with Crippen LogP contribution in [0.15, 0.2) is 58.5 Å². The molecule has 8 heteroatoms. The molecular formula is C29H31N3O3S2. The molecule has 5 rings (SSSR count). The lowest BCUT2D eigenvalue weighted by molar-refractivity contribution is 0.102. The van der Waals surface area contributed by atoms with Gasteiger partial charge >= 0.3 is 0 Å². The van der Waals surface area contributed by atoms with Gasteiger partial charge in [0.15, 0.2) is 10.9 Å². The number of thiophene rings is 1. The van der Waals surface area contributed by atoms with Crippen LogP contribution in [0, 0.1) is 6.92 Å². The van der Waals surface area contributed by atoms with Gasteiger partial charge in [-0.25, -0.2) is 4.98 Å². The number of fused-ring (bicyclic) bond motifs is 3. The van der Waals surface area contributed by atoms with Crippen molar-refractivity contribution in [1.29, 1.82) is 0 Å². The molecule has 1 aliphatic rings. The van der Waals surface area contributed by atoms with Gasteiger partial charge in [-0.2, -0.15) is 0 Å². The molecule has 0 radical (unpaired) electrons. The van der Waals surface area contributed by atoms with Gasteiger partial charge in [-0.15, -0.1) is 11.3 Å². The molecule has 0 atom stereocenters. The number of rotatable bonds is 8. The first-order chi connectivity index (χ1) is 17.9. The summed E-state index contributed by atoms with van der Waals surface area (Å²) in [6, 6.07) is 15.5. The van der Waals surface area contributed by atoms with Crippen molar-refractivity contribution < 1.29 is 9.53 Å². The van der Waals surface area contributed by atoms with Crippen LogP contribution in [-0.2, 0) is 13.0 Å². The maximum Gasteiger partial charge on any atom is 0.267 e. The molecule has 192 valence electrons. The Kier molecular flexibility index (Phi) is 7.51. The summed E-state index contributed by atoms with van der Waals surface area (Å²) in [6.07, 6.45) is 0.839. The zero-order valence-corrected chi connectivity index (χ0v) is 23.2. The van der Waals surface area contributed by atoms with Crippen LogP contribution in [0.1, 0.15) is 47.1 Å². The van der Waals surface area contributed by atoms with Crippen molar-refractivity contribution in [3.63, 3.8) is 0 Å². The molecule has 0 bridgehead atoms. The second kappa shape index (κ2) is 10.8. The highest BCUT2D eigenvalue weighted by molar-refractivity contribution is 7.99. The van der Waals surface area contributed by atoms with Crippen LogP contribution in [0.5, 0.6) is 5.75 Å². The minimum Gasteiger partial charge on any atom is -0.494 e. The second-order valence-electron chi connectivity index (χ2n) is 9.54. The number of thioether (sulfide) groups is 1. The van der Waals surface area contributed by atoms with Crippen molar-refractivity contribution in [1.82, 2.24) is 14.5 Å². The predicted octanol–water partition coefficient (Wildman–Crippen LogP) is 5.90. The number of ether oxygens (including phenoxy) is 1. The molecule has 0 fully saturated rings. The largest absolute Gasteiger partial charge is 0.494 e. The number of aryl methyl sites for hydroxylation is 1. The Hall–Kier alpha value is -2.94. The number of Topliss-reactive ketones (excluding diaryl/α,β-unsaturated/α-hetero) is 1. The van der Waals surface area contributed by atoms with Gasteiger partial charge < -0.3 is 4.74 Å². The van der Waals surface area contributed by atoms with E-state index in [-0.39, 0.29) is 17.1 Å². The van der Waals surface area contributed by atoms with E-state index in [1.54, 1.807) is 15.9 Å². The lowest BCUT2D eigenvalue weighted by atomic mass is 10.0. The fraction of sp³-hybridized carbons (Fsp3) is 0.345. The molecule has 2 aromatic carbocycles. The Morgan fingerprint density at radius 3 is 2.54 bits per heavy atom. The number of nitrogens with zero attached hydrogens (tertiary/aromatic N) is 3. The Morgan fingerprint density at radius 1 is 1.14 bits per heavy atom.